The fourth-order valence-electron chi connectivity index (χ4n) is 4.52. The first kappa shape index (κ1) is 26.2. The molecule has 5 nitrogen and oxygen atoms in total. The number of nitrogens with zero attached hydrogens (tertiary/aromatic N) is 1. The van der Waals surface area contributed by atoms with Gasteiger partial charge in [-0.05, 0) is 42.2 Å². The van der Waals surface area contributed by atoms with Gasteiger partial charge >= 0.3 is 0 Å². The van der Waals surface area contributed by atoms with Gasteiger partial charge in [-0.25, -0.2) is 0 Å². The molecule has 1 saturated carbocycles. The molecule has 4 rings (SSSR count). The lowest BCUT2D eigenvalue weighted by Crippen LogP contribution is -2.53. The summed E-state index contributed by atoms with van der Waals surface area (Å²) in [7, 11) is 0. The molecule has 1 aliphatic carbocycles. The highest BCUT2D eigenvalue weighted by atomic mass is 79.9. The minimum absolute atomic E-state index is 0.128. The molecule has 3 aromatic carbocycles. The second-order valence-corrected chi connectivity index (χ2v) is 10.4. The number of rotatable bonds is 10. The maximum Gasteiger partial charge on any atom is 0.261 e. The predicted octanol–water partition coefficient (Wildman–Crippen LogP) is 6.18. The smallest absolute Gasteiger partial charge is 0.261 e. The van der Waals surface area contributed by atoms with Crippen LogP contribution in [-0.2, 0) is 22.6 Å². The van der Waals surface area contributed by atoms with Crippen molar-refractivity contribution in [2.45, 2.75) is 50.7 Å². The number of carbonyl (C=O) groups is 2. The van der Waals surface area contributed by atoms with Gasteiger partial charge in [0.15, 0.2) is 6.61 Å². The molecule has 1 N–H and O–H groups in total. The van der Waals surface area contributed by atoms with E-state index >= 15 is 0 Å². The predicted molar refractivity (Wildman–Crippen MR) is 146 cm³/mol. The summed E-state index contributed by atoms with van der Waals surface area (Å²) in [6, 6.07) is 24.2. The summed E-state index contributed by atoms with van der Waals surface area (Å²) in [4.78, 5) is 28.9. The molecule has 1 atom stereocenters. The fourth-order valence-corrected chi connectivity index (χ4v) is 5.24. The Morgan fingerprint density at radius 1 is 0.972 bits per heavy atom. The Kier molecular flexibility index (Phi) is 9.42. The Balaban J connectivity index is 1.60. The van der Waals surface area contributed by atoms with Crippen molar-refractivity contribution in [1.82, 2.24) is 10.2 Å². The SMILES string of the molecule is O=C(NC1CCCC1)[C@@H](Cc1ccccc1)N(Cc1ccccc1)C(=O)COc1ccc(Br)cc1Cl. The van der Waals surface area contributed by atoms with Crippen LogP contribution in [0.5, 0.6) is 5.75 Å². The molecular formula is C29H30BrClN2O3. The van der Waals surface area contributed by atoms with E-state index in [9.17, 15) is 9.59 Å². The minimum Gasteiger partial charge on any atom is -0.482 e. The van der Waals surface area contributed by atoms with Gasteiger partial charge in [-0.2, -0.15) is 0 Å². The number of ether oxygens (including phenoxy) is 1. The summed E-state index contributed by atoms with van der Waals surface area (Å²) in [6.07, 6.45) is 4.59. The van der Waals surface area contributed by atoms with E-state index in [0.29, 0.717) is 23.7 Å². The number of halogens is 2. The standard InChI is InChI=1S/C29H30BrClN2O3/c30-23-15-16-27(25(31)18-23)36-20-28(34)33(19-22-11-5-2-6-12-22)26(17-21-9-3-1-4-10-21)29(35)32-24-13-7-8-14-24/h1-6,9-12,15-16,18,24,26H,7-8,13-14,17,19-20H2,(H,32,35)/t26-/m1/s1. The van der Waals surface area contributed by atoms with E-state index in [-0.39, 0.29) is 24.5 Å². The van der Waals surface area contributed by atoms with Crippen molar-refractivity contribution in [1.29, 1.82) is 0 Å². The highest BCUT2D eigenvalue weighted by Gasteiger charge is 2.32. The lowest BCUT2D eigenvalue weighted by atomic mass is 10.0. The van der Waals surface area contributed by atoms with Gasteiger partial charge in [0.25, 0.3) is 5.91 Å². The molecule has 0 heterocycles. The zero-order chi connectivity index (χ0) is 25.3. The van der Waals surface area contributed by atoms with E-state index < -0.39 is 6.04 Å². The Bertz CT molecular complexity index is 1150. The Labute approximate surface area is 225 Å². The number of carbonyl (C=O) groups excluding carboxylic acids is 2. The molecule has 0 aliphatic heterocycles. The van der Waals surface area contributed by atoms with Crippen LogP contribution in [-0.4, -0.2) is 35.4 Å². The van der Waals surface area contributed by atoms with Crippen molar-refractivity contribution in [2.24, 2.45) is 0 Å². The average Bonchev–Trinajstić information content (AvgIpc) is 3.39. The van der Waals surface area contributed by atoms with E-state index in [1.54, 1.807) is 23.1 Å². The molecule has 2 amide bonds. The second-order valence-electron chi connectivity index (χ2n) is 9.07. The van der Waals surface area contributed by atoms with E-state index in [2.05, 4.69) is 21.2 Å². The topological polar surface area (TPSA) is 58.6 Å². The quantitative estimate of drug-likeness (QED) is 0.317. The number of hydrogen-bond donors (Lipinski definition) is 1. The highest BCUT2D eigenvalue weighted by molar-refractivity contribution is 9.10. The molecule has 0 aromatic heterocycles. The van der Waals surface area contributed by atoms with Crippen LogP contribution in [0.4, 0.5) is 0 Å². The summed E-state index contributed by atoms with van der Waals surface area (Å²) in [5, 5.41) is 3.62. The van der Waals surface area contributed by atoms with Gasteiger partial charge in [0.2, 0.25) is 5.91 Å². The maximum atomic E-state index is 13.6. The van der Waals surface area contributed by atoms with Gasteiger partial charge < -0.3 is 15.0 Å². The Hall–Kier alpha value is -2.83. The van der Waals surface area contributed by atoms with Crippen LogP contribution in [0.25, 0.3) is 0 Å². The average molecular weight is 570 g/mol. The van der Waals surface area contributed by atoms with Crippen molar-refractivity contribution in [3.05, 3.63) is 99.5 Å². The molecule has 0 spiro atoms. The van der Waals surface area contributed by atoms with E-state index in [4.69, 9.17) is 16.3 Å². The summed E-state index contributed by atoms with van der Waals surface area (Å²) in [6.45, 7) is 0.0723. The zero-order valence-corrected chi connectivity index (χ0v) is 22.4. The van der Waals surface area contributed by atoms with Gasteiger partial charge in [0.05, 0.1) is 5.02 Å². The first-order valence-electron chi connectivity index (χ1n) is 12.2. The third-order valence-electron chi connectivity index (χ3n) is 6.41. The molecule has 188 valence electrons. The van der Waals surface area contributed by atoms with Crippen LogP contribution in [0.15, 0.2) is 83.3 Å². The largest absolute Gasteiger partial charge is 0.482 e. The van der Waals surface area contributed by atoms with E-state index in [1.165, 1.54) is 0 Å². The normalized spacial score (nSPS) is 14.3. The van der Waals surface area contributed by atoms with Crippen LogP contribution in [0, 0.1) is 0 Å². The first-order chi connectivity index (χ1) is 17.5. The van der Waals surface area contributed by atoms with Crippen LogP contribution >= 0.6 is 27.5 Å². The molecule has 7 heteroatoms. The van der Waals surface area contributed by atoms with E-state index in [1.807, 2.05) is 60.7 Å². The molecule has 36 heavy (non-hydrogen) atoms. The number of hydrogen-bond acceptors (Lipinski definition) is 3. The summed E-state index contributed by atoms with van der Waals surface area (Å²) < 4.78 is 6.63. The fraction of sp³-hybridized carbons (Fsp3) is 0.310. The van der Waals surface area contributed by atoms with Crippen LogP contribution in [0.2, 0.25) is 5.02 Å². The third-order valence-corrected chi connectivity index (χ3v) is 7.20. The molecule has 1 aliphatic rings. The maximum absolute atomic E-state index is 13.6. The second kappa shape index (κ2) is 12.9. The Morgan fingerprint density at radius 2 is 1.61 bits per heavy atom. The van der Waals surface area contributed by atoms with Crippen molar-refractivity contribution < 1.29 is 14.3 Å². The monoisotopic (exact) mass is 568 g/mol. The van der Waals surface area contributed by atoms with Crippen LogP contribution in [0.1, 0.15) is 36.8 Å². The van der Waals surface area contributed by atoms with Crippen molar-refractivity contribution in [2.75, 3.05) is 6.61 Å². The minimum atomic E-state index is -0.676. The number of nitrogens with one attached hydrogen (secondary N) is 1. The number of amides is 2. The van der Waals surface area contributed by atoms with Crippen LogP contribution < -0.4 is 10.1 Å². The van der Waals surface area contributed by atoms with Gasteiger partial charge in [-0.15, -0.1) is 0 Å². The van der Waals surface area contributed by atoms with Gasteiger partial charge in [-0.1, -0.05) is 101 Å². The van der Waals surface area contributed by atoms with Gasteiger partial charge in [0, 0.05) is 23.5 Å². The molecule has 0 radical (unpaired) electrons. The summed E-state index contributed by atoms with van der Waals surface area (Å²) in [5.74, 6) is 0.0138. The van der Waals surface area contributed by atoms with Crippen molar-refractivity contribution in [3.63, 3.8) is 0 Å². The van der Waals surface area contributed by atoms with Crippen molar-refractivity contribution >= 4 is 39.3 Å². The first-order valence-corrected chi connectivity index (χ1v) is 13.4. The molecule has 3 aromatic rings. The highest BCUT2D eigenvalue weighted by Crippen LogP contribution is 2.28. The molecular weight excluding hydrogens is 540 g/mol. The molecule has 0 unspecified atom stereocenters. The Morgan fingerprint density at radius 3 is 2.25 bits per heavy atom. The molecule has 0 bridgehead atoms. The molecule has 0 saturated heterocycles. The van der Waals surface area contributed by atoms with Gasteiger partial charge in [-0.3, -0.25) is 9.59 Å². The molecule has 1 fully saturated rings. The van der Waals surface area contributed by atoms with Crippen LogP contribution in [0.3, 0.4) is 0 Å². The summed E-state index contributed by atoms with van der Waals surface area (Å²) >= 11 is 9.67. The lowest BCUT2D eigenvalue weighted by Gasteiger charge is -2.32. The zero-order valence-electron chi connectivity index (χ0n) is 20.0. The lowest BCUT2D eigenvalue weighted by molar-refractivity contribution is -0.143. The third kappa shape index (κ3) is 7.34. The number of benzene rings is 3. The van der Waals surface area contributed by atoms with Crippen molar-refractivity contribution in [3.8, 4) is 5.75 Å². The van der Waals surface area contributed by atoms with E-state index in [0.717, 1.165) is 41.3 Å². The van der Waals surface area contributed by atoms with Gasteiger partial charge in [0.1, 0.15) is 11.8 Å². The summed E-state index contributed by atoms with van der Waals surface area (Å²) in [5.41, 5.74) is 1.94.